The Hall–Kier alpha value is -2.22. The van der Waals surface area contributed by atoms with Gasteiger partial charge in [0.15, 0.2) is 5.13 Å². The second kappa shape index (κ2) is 6.91. The van der Waals surface area contributed by atoms with Crippen molar-refractivity contribution in [2.24, 2.45) is 0 Å². The first-order valence-electron chi connectivity index (χ1n) is 7.63. The van der Waals surface area contributed by atoms with Crippen LogP contribution in [0.5, 0.6) is 0 Å². The van der Waals surface area contributed by atoms with E-state index in [0.29, 0.717) is 23.8 Å². The Morgan fingerprint density at radius 3 is 3.09 bits per heavy atom. The Labute approximate surface area is 138 Å². The maximum absolute atomic E-state index is 12.1. The van der Waals surface area contributed by atoms with E-state index in [1.165, 1.54) is 11.3 Å². The highest BCUT2D eigenvalue weighted by Gasteiger charge is 2.24. The van der Waals surface area contributed by atoms with Crippen LogP contribution in [-0.4, -0.2) is 39.2 Å². The minimum absolute atomic E-state index is 0.0133. The number of hydrogen-bond acceptors (Lipinski definition) is 5. The van der Waals surface area contributed by atoms with Crippen LogP contribution in [0.4, 0.5) is 5.13 Å². The van der Waals surface area contributed by atoms with Crippen molar-refractivity contribution in [2.75, 3.05) is 11.4 Å². The molecule has 0 radical (unpaired) electrons. The summed E-state index contributed by atoms with van der Waals surface area (Å²) in [6, 6.07) is 1.84. The first-order chi connectivity index (χ1) is 11.1. The number of thiazole rings is 1. The van der Waals surface area contributed by atoms with Crippen LogP contribution in [0.3, 0.4) is 0 Å². The van der Waals surface area contributed by atoms with E-state index in [2.05, 4.69) is 15.4 Å². The molecule has 2 amide bonds. The molecule has 1 saturated heterocycles. The van der Waals surface area contributed by atoms with Crippen LogP contribution in [0, 0.1) is 0 Å². The van der Waals surface area contributed by atoms with Gasteiger partial charge in [0.25, 0.3) is 0 Å². The molecule has 1 fully saturated rings. The number of amides is 2. The van der Waals surface area contributed by atoms with E-state index in [9.17, 15) is 9.59 Å². The quantitative estimate of drug-likeness (QED) is 0.862. The first kappa shape index (κ1) is 15.7. The van der Waals surface area contributed by atoms with Crippen LogP contribution in [-0.2, 0) is 22.6 Å². The van der Waals surface area contributed by atoms with Gasteiger partial charge in [-0.3, -0.25) is 19.2 Å². The molecule has 0 aromatic carbocycles. The molecule has 1 aliphatic heterocycles. The fourth-order valence-electron chi connectivity index (χ4n) is 2.58. The van der Waals surface area contributed by atoms with Gasteiger partial charge in [0, 0.05) is 36.8 Å². The number of carbonyl (C=O) groups is 2. The average Bonchev–Trinajstić information content (AvgIpc) is 3.20. The van der Waals surface area contributed by atoms with Crippen LogP contribution in [0.15, 0.2) is 23.8 Å². The van der Waals surface area contributed by atoms with E-state index < -0.39 is 0 Å². The fraction of sp³-hybridized carbons (Fsp3) is 0.467. The Morgan fingerprint density at radius 2 is 2.39 bits per heavy atom. The lowest BCUT2D eigenvalue weighted by Crippen LogP contribution is -2.36. The molecule has 0 unspecified atom stereocenters. The number of rotatable bonds is 6. The second-order valence-electron chi connectivity index (χ2n) is 5.64. The Morgan fingerprint density at radius 1 is 1.52 bits per heavy atom. The zero-order valence-electron chi connectivity index (χ0n) is 12.9. The average molecular weight is 333 g/mol. The smallest absolute Gasteiger partial charge is 0.228 e. The third kappa shape index (κ3) is 3.95. The largest absolute Gasteiger partial charge is 0.351 e. The van der Waals surface area contributed by atoms with Crippen LogP contribution in [0.25, 0.3) is 0 Å². The minimum Gasteiger partial charge on any atom is -0.351 e. The lowest BCUT2D eigenvalue weighted by atomic mass is 10.3. The molecule has 3 heterocycles. The van der Waals surface area contributed by atoms with Gasteiger partial charge in [-0.1, -0.05) is 0 Å². The topological polar surface area (TPSA) is 80.1 Å². The van der Waals surface area contributed by atoms with Crippen molar-refractivity contribution >= 4 is 28.3 Å². The van der Waals surface area contributed by atoms with Crippen molar-refractivity contribution in [3.8, 4) is 0 Å². The summed E-state index contributed by atoms with van der Waals surface area (Å²) in [4.78, 5) is 29.9. The fourth-order valence-corrected chi connectivity index (χ4v) is 3.44. The number of aromatic nitrogens is 3. The van der Waals surface area contributed by atoms with Crippen LogP contribution >= 0.6 is 11.3 Å². The van der Waals surface area contributed by atoms with Crippen molar-refractivity contribution in [1.29, 1.82) is 0 Å². The highest BCUT2D eigenvalue weighted by molar-refractivity contribution is 7.14. The van der Waals surface area contributed by atoms with Crippen molar-refractivity contribution in [1.82, 2.24) is 20.1 Å². The van der Waals surface area contributed by atoms with E-state index in [4.69, 9.17) is 0 Å². The van der Waals surface area contributed by atoms with Crippen molar-refractivity contribution in [3.05, 3.63) is 29.5 Å². The summed E-state index contributed by atoms with van der Waals surface area (Å²) in [6.07, 6.45) is 5.26. The third-order valence-corrected chi connectivity index (χ3v) is 4.53. The monoisotopic (exact) mass is 333 g/mol. The molecule has 0 spiro atoms. The summed E-state index contributed by atoms with van der Waals surface area (Å²) >= 11 is 1.42. The molecule has 122 valence electrons. The molecule has 1 N–H and O–H groups in total. The third-order valence-electron chi connectivity index (χ3n) is 3.61. The number of nitrogens with zero attached hydrogens (tertiary/aromatic N) is 4. The molecule has 0 bridgehead atoms. The SMILES string of the molecule is C[C@@H](Cn1cccn1)NC(=O)Cc1csc(N2CCCC2=O)n1. The van der Waals surface area contributed by atoms with E-state index in [1.54, 1.807) is 15.8 Å². The number of carbonyl (C=O) groups excluding carboxylic acids is 2. The van der Waals surface area contributed by atoms with Crippen molar-refractivity contribution < 1.29 is 9.59 Å². The second-order valence-corrected chi connectivity index (χ2v) is 6.48. The number of nitrogens with one attached hydrogen (secondary N) is 1. The lowest BCUT2D eigenvalue weighted by Gasteiger charge is -2.13. The molecular formula is C15H19N5O2S. The molecule has 1 aliphatic rings. The summed E-state index contributed by atoms with van der Waals surface area (Å²) in [6.45, 7) is 3.29. The van der Waals surface area contributed by atoms with Gasteiger partial charge in [-0.2, -0.15) is 5.10 Å². The van der Waals surface area contributed by atoms with Gasteiger partial charge in [-0.15, -0.1) is 11.3 Å². The van der Waals surface area contributed by atoms with Gasteiger partial charge in [-0.25, -0.2) is 4.98 Å². The molecule has 1 atom stereocenters. The number of anilines is 1. The van der Waals surface area contributed by atoms with Gasteiger partial charge < -0.3 is 5.32 Å². The summed E-state index contributed by atoms with van der Waals surface area (Å²) < 4.78 is 1.78. The zero-order chi connectivity index (χ0) is 16.2. The Balaban J connectivity index is 1.51. The highest BCUT2D eigenvalue weighted by atomic mass is 32.1. The summed E-state index contributed by atoms with van der Waals surface area (Å²) in [5, 5.41) is 9.60. The summed E-state index contributed by atoms with van der Waals surface area (Å²) in [5.74, 6) is 0.0393. The Bertz CT molecular complexity index is 682. The van der Waals surface area contributed by atoms with Gasteiger partial charge in [-0.05, 0) is 19.4 Å². The minimum atomic E-state index is -0.0748. The van der Waals surface area contributed by atoms with Crippen molar-refractivity contribution in [3.63, 3.8) is 0 Å². The molecule has 0 saturated carbocycles. The molecular weight excluding hydrogens is 314 g/mol. The maximum atomic E-state index is 12.1. The van der Waals surface area contributed by atoms with Gasteiger partial charge in [0.05, 0.1) is 18.7 Å². The van der Waals surface area contributed by atoms with Crippen LogP contribution in [0.1, 0.15) is 25.5 Å². The van der Waals surface area contributed by atoms with Gasteiger partial charge in [0.1, 0.15) is 0 Å². The van der Waals surface area contributed by atoms with Crippen LogP contribution < -0.4 is 10.2 Å². The first-order valence-corrected chi connectivity index (χ1v) is 8.51. The molecule has 7 nitrogen and oxygen atoms in total. The predicted molar refractivity (Wildman–Crippen MR) is 87.2 cm³/mol. The molecule has 0 aliphatic carbocycles. The summed E-state index contributed by atoms with van der Waals surface area (Å²) in [5.41, 5.74) is 0.702. The standard InChI is InChI=1S/C15H19N5O2S/c1-11(9-19-6-3-5-16-19)17-13(21)8-12-10-23-15(18-12)20-7-2-4-14(20)22/h3,5-6,10-11H,2,4,7-9H2,1H3,(H,17,21)/t11-/m0/s1. The van der Waals surface area contributed by atoms with E-state index in [0.717, 1.165) is 13.0 Å². The maximum Gasteiger partial charge on any atom is 0.228 e. The van der Waals surface area contributed by atoms with Gasteiger partial charge in [0.2, 0.25) is 11.8 Å². The Kier molecular flexibility index (Phi) is 4.71. The normalized spacial score (nSPS) is 15.9. The van der Waals surface area contributed by atoms with E-state index in [-0.39, 0.29) is 24.3 Å². The molecule has 23 heavy (non-hydrogen) atoms. The lowest BCUT2D eigenvalue weighted by molar-refractivity contribution is -0.121. The molecule has 2 aromatic rings. The van der Waals surface area contributed by atoms with E-state index >= 15 is 0 Å². The molecule has 8 heteroatoms. The van der Waals surface area contributed by atoms with E-state index in [1.807, 2.05) is 24.6 Å². The summed E-state index contributed by atoms with van der Waals surface area (Å²) in [7, 11) is 0. The molecule has 3 rings (SSSR count). The zero-order valence-corrected chi connectivity index (χ0v) is 13.8. The molecule has 2 aromatic heterocycles. The van der Waals surface area contributed by atoms with Crippen LogP contribution in [0.2, 0.25) is 0 Å². The van der Waals surface area contributed by atoms with Gasteiger partial charge >= 0.3 is 0 Å². The number of hydrogen-bond donors (Lipinski definition) is 1. The predicted octanol–water partition coefficient (Wildman–Crippen LogP) is 1.21. The van der Waals surface area contributed by atoms with Crippen molar-refractivity contribution in [2.45, 2.75) is 38.8 Å². The highest BCUT2D eigenvalue weighted by Crippen LogP contribution is 2.25.